The molecule has 0 amide bonds. The molecule has 0 N–H and O–H groups in total. The van der Waals surface area contributed by atoms with E-state index in [1.54, 1.807) is 18.2 Å². The Hall–Kier alpha value is -1.47. The SMILES string of the molecule is CSc1nc(CF)cc(-c2ccc(S(C)(=O)=O)cc2)n1. The van der Waals surface area contributed by atoms with E-state index in [1.165, 1.54) is 23.9 Å². The maximum absolute atomic E-state index is 12.8. The molecule has 2 rings (SSSR count). The molecule has 0 aliphatic rings. The van der Waals surface area contributed by atoms with Crippen molar-refractivity contribution in [2.45, 2.75) is 16.7 Å². The molecule has 0 radical (unpaired) electrons. The molecule has 7 heteroatoms. The standard InChI is InChI=1S/C13H13FN2O2S2/c1-19-13-15-10(8-14)7-12(16-13)9-3-5-11(6-4-9)20(2,17)18/h3-7H,8H2,1-2H3. The van der Waals surface area contributed by atoms with E-state index in [0.29, 0.717) is 16.5 Å². The number of alkyl halides is 1. The largest absolute Gasteiger partial charge is 0.244 e. The van der Waals surface area contributed by atoms with E-state index in [4.69, 9.17) is 0 Å². The zero-order valence-electron chi connectivity index (χ0n) is 11.0. The van der Waals surface area contributed by atoms with Gasteiger partial charge in [-0.25, -0.2) is 22.8 Å². The van der Waals surface area contributed by atoms with Gasteiger partial charge in [0.25, 0.3) is 0 Å². The van der Waals surface area contributed by atoms with Crippen LogP contribution in [0.5, 0.6) is 0 Å². The smallest absolute Gasteiger partial charge is 0.188 e. The molecule has 0 unspecified atom stereocenters. The molecule has 0 saturated heterocycles. The van der Waals surface area contributed by atoms with Crippen LogP contribution in [0.2, 0.25) is 0 Å². The van der Waals surface area contributed by atoms with Gasteiger partial charge in [0.2, 0.25) is 0 Å². The Balaban J connectivity index is 2.46. The highest BCUT2D eigenvalue weighted by atomic mass is 32.2. The van der Waals surface area contributed by atoms with E-state index in [0.717, 1.165) is 11.8 Å². The highest BCUT2D eigenvalue weighted by Gasteiger charge is 2.09. The van der Waals surface area contributed by atoms with Crippen molar-refractivity contribution in [3.05, 3.63) is 36.0 Å². The average Bonchev–Trinajstić information content (AvgIpc) is 2.46. The Labute approximate surface area is 121 Å². The van der Waals surface area contributed by atoms with E-state index in [2.05, 4.69) is 9.97 Å². The van der Waals surface area contributed by atoms with Crippen molar-refractivity contribution in [2.24, 2.45) is 0 Å². The summed E-state index contributed by atoms with van der Waals surface area (Å²) < 4.78 is 35.6. The minimum absolute atomic E-state index is 0.242. The zero-order chi connectivity index (χ0) is 14.8. The van der Waals surface area contributed by atoms with Crippen molar-refractivity contribution in [3.63, 3.8) is 0 Å². The molecule has 1 aromatic heterocycles. The van der Waals surface area contributed by atoms with Crippen LogP contribution < -0.4 is 0 Å². The predicted octanol–water partition coefficient (Wildman–Crippen LogP) is 2.74. The molecule has 0 aliphatic heterocycles. The van der Waals surface area contributed by atoms with Crippen LogP contribution in [0.15, 0.2) is 40.4 Å². The van der Waals surface area contributed by atoms with Crippen LogP contribution in [-0.4, -0.2) is 30.9 Å². The summed E-state index contributed by atoms with van der Waals surface area (Å²) in [7, 11) is -3.22. The molecule has 0 atom stereocenters. The summed E-state index contributed by atoms with van der Waals surface area (Å²) in [5, 5.41) is 0.488. The van der Waals surface area contributed by atoms with Crippen molar-refractivity contribution in [2.75, 3.05) is 12.5 Å². The maximum Gasteiger partial charge on any atom is 0.188 e. The summed E-state index contributed by atoms with van der Waals surface area (Å²) in [5.74, 6) is 0. The molecule has 1 heterocycles. The molecule has 0 fully saturated rings. The summed E-state index contributed by atoms with van der Waals surface area (Å²) in [6.45, 7) is -0.662. The van der Waals surface area contributed by atoms with Gasteiger partial charge in [0, 0.05) is 11.8 Å². The first-order valence-electron chi connectivity index (χ1n) is 5.72. The van der Waals surface area contributed by atoms with Gasteiger partial charge in [-0.1, -0.05) is 23.9 Å². The van der Waals surface area contributed by atoms with Gasteiger partial charge >= 0.3 is 0 Å². The van der Waals surface area contributed by atoms with E-state index >= 15 is 0 Å². The number of sulfone groups is 1. The highest BCUT2D eigenvalue weighted by Crippen LogP contribution is 2.22. The van der Waals surface area contributed by atoms with Crippen molar-refractivity contribution in [3.8, 4) is 11.3 Å². The van der Waals surface area contributed by atoms with Crippen LogP contribution in [0.1, 0.15) is 5.69 Å². The molecule has 106 valence electrons. The third-order valence-corrected chi connectivity index (χ3v) is 4.33. The zero-order valence-corrected chi connectivity index (χ0v) is 12.6. The second kappa shape index (κ2) is 5.88. The molecule has 2 aromatic rings. The molecule has 20 heavy (non-hydrogen) atoms. The number of thioether (sulfide) groups is 1. The van der Waals surface area contributed by atoms with Gasteiger partial charge in [-0.2, -0.15) is 0 Å². The number of aromatic nitrogens is 2. The van der Waals surface area contributed by atoms with Crippen LogP contribution >= 0.6 is 11.8 Å². The summed E-state index contributed by atoms with van der Waals surface area (Å²) in [6, 6.07) is 7.91. The van der Waals surface area contributed by atoms with Gasteiger partial charge in [-0.15, -0.1) is 0 Å². The maximum atomic E-state index is 12.8. The van der Waals surface area contributed by atoms with Gasteiger partial charge < -0.3 is 0 Å². The highest BCUT2D eigenvalue weighted by molar-refractivity contribution is 7.98. The Morgan fingerprint density at radius 2 is 1.85 bits per heavy atom. The fourth-order valence-electron chi connectivity index (χ4n) is 1.65. The van der Waals surface area contributed by atoms with Gasteiger partial charge in [0.1, 0.15) is 6.67 Å². The van der Waals surface area contributed by atoms with Gasteiger partial charge in [0.15, 0.2) is 15.0 Å². The van der Waals surface area contributed by atoms with Crippen LogP contribution in [-0.2, 0) is 16.5 Å². The lowest BCUT2D eigenvalue weighted by atomic mass is 10.1. The lowest BCUT2D eigenvalue weighted by Crippen LogP contribution is -1.98. The summed E-state index contributed by atoms with van der Waals surface area (Å²) >= 11 is 1.33. The van der Waals surface area contributed by atoms with E-state index < -0.39 is 16.5 Å². The van der Waals surface area contributed by atoms with Gasteiger partial charge in [0.05, 0.1) is 16.3 Å². The summed E-state index contributed by atoms with van der Waals surface area (Å²) in [6.07, 6.45) is 2.97. The minimum Gasteiger partial charge on any atom is -0.244 e. The minimum atomic E-state index is -3.22. The van der Waals surface area contributed by atoms with Crippen molar-refractivity contribution in [1.29, 1.82) is 0 Å². The first-order valence-corrected chi connectivity index (χ1v) is 8.84. The monoisotopic (exact) mass is 312 g/mol. The molecule has 0 spiro atoms. The second-order valence-electron chi connectivity index (χ2n) is 4.16. The predicted molar refractivity (Wildman–Crippen MR) is 77.2 cm³/mol. The Morgan fingerprint density at radius 3 is 2.35 bits per heavy atom. The first-order chi connectivity index (χ1) is 9.44. The molecular weight excluding hydrogens is 299 g/mol. The van der Waals surface area contributed by atoms with Gasteiger partial charge in [-0.3, -0.25) is 0 Å². The molecular formula is C13H13FN2O2S2. The van der Waals surface area contributed by atoms with Crippen LogP contribution in [0, 0.1) is 0 Å². The molecule has 0 bridgehead atoms. The topological polar surface area (TPSA) is 59.9 Å². The average molecular weight is 312 g/mol. The lowest BCUT2D eigenvalue weighted by molar-refractivity contribution is 0.472. The molecule has 0 aliphatic carbocycles. The van der Waals surface area contributed by atoms with E-state index in [1.807, 2.05) is 6.26 Å². The number of hydrogen-bond donors (Lipinski definition) is 0. The second-order valence-corrected chi connectivity index (χ2v) is 6.95. The third kappa shape index (κ3) is 3.34. The molecule has 1 aromatic carbocycles. The quantitative estimate of drug-likeness (QED) is 0.642. The fourth-order valence-corrected chi connectivity index (χ4v) is 2.68. The third-order valence-electron chi connectivity index (χ3n) is 2.66. The first kappa shape index (κ1) is 14.9. The lowest BCUT2D eigenvalue weighted by Gasteiger charge is -2.06. The Morgan fingerprint density at radius 1 is 1.20 bits per heavy atom. The van der Waals surface area contributed by atoms with E-state index in [-0.39, 0.29) is 4.90 Å². The van der Waals surface area contributed by atoms with Gasteiger partial charge in [-0.05, 0) is 24.5 Å². The number of halogens is 1. The normalized spacial score (nSPS) is 11.6. The number of nitrogens with zero attached hydrogens (tertiary/aromatic N) is 2. The fraction of sp³-hybridized carbons (Fsp3) is 0.231. The Kier molecular flexibility index (Phi) is 4.39. The van der Waals surface area contributed by atoms with Crippen LogP contribution in [0.3, 0.4) is 0 Å². The summed E-state index contributed by atoms with van der Waals surface area (Å²) in [5.41, 5.74) is 1.62. The van der Waals surface area contributed by atoms with Crippen LogP contribution in [0.4, 0.5) is 4.39 Å². The van der Waals surface area contributed by atoms with Crippen LogP contribution in [0.25, 0.3) is 11.3 Å². The number of rotatable bonds is 4. The summed E-state index contributed by atoms with van der Waals surface area (Å²) in [4.78, 5) is 8.57. The van der Waals surface area contributed by atoms with Crippen molar-refractivity contribution in [1.82, 2.24) is 9.97 Å². The molecule has 0 saturated carbocycles. The number of hydrogen-bond acceptors (Lipinski definition) is 5. The Bertz CT molecular complexity index is 693. The van der Waals surface area contributed by atoms with Crippen molar-refractivity contribution >= 4 is 21.6 Å². The van der Waals surface area contributed by atoms with E-state index in [9.17, 15) is 12.8 Å². The molecule has 4 nitrogen and oxygen atoms in total. The number of benzene rings is 1. The van der Waals surface area contributed by atoms with Crippen molar-refractivity contribution < 1.29 is 12.8 Å².